The Hall–Kier alpha value is -1.74. The second-order valence-electron chi connectivity index (χ2n) is 4.00. The van der Waals surface area contributed by atoms with Crippen LogP contribution in [0.3, 0.4) is 0 Å². The van der Waals surface area contributed by atoms with Gasteiger partial charge in [-0.05, 0) is 36.8 Å². The first-order valence-electron chi connectivity index (χ1n) is 5.53. The predicted molar refractivity (Wildman–Crippen MR) is 71.3 cm³/mol. The number of hydrogen-bond acceptors (Lipinski definition) is 2. The van der Waals surface area contributed by atoms with Gasteiger partial charge in [0.2, 0.25) is 0 Å². The lowest BCUT2D eigenvalue weighted by atomic mass is 10.1. The fourth-order valence-corrected chi connectivity index (χ4v) is 1.71. The molecule has 0 aliphatic heterocycles. The van der Waals surface area contributed by atoms with Gasteiger partial charge in [0.05, 0.1) is 5.02 Å². The lowest BCUT2D eigenvalue weighted by Crippen LogP contribution is -2.03. The van der Waals surface area contributed by atoms with E-state index >= 15 is 0 Å². The highest BCUT2D eigenvalue weighted by molar-refractivity contribution is 6.30. The van der Waals surface area contributed by atoms with Crippen LogP contribution in [0.4, 0.5) is 10.1 Å². The van der Waals surface area contributed by atoms with Crippen molar-refractivity contribution < 1.29 is 9.13 Å². The summed E-state index contributed by atoms with van der Waals surface area (Å²) in [6, 6.07) is 11.8. The summed E-state index contributed by atoms with van der Waals surface area (Å²) in [7, 11) is 0. The average Bonchev–Trinajstić information content (AvgIpc) is 2.34. The monoisotopic (exact) mass is 265 g/mol. The molecule has 0 spiro atoms. The van der Waals surface area contributed by atoms with Crippen molar-refractivity contribution >= 4 is 17.3 Å². The molecule has 1 unspecified atom stereocenters. The number of benzene rings is 2. The van der Waals surface area contributed by atoms with Crippen molar-refractivity contribution in [2.75, 3.05) is 5.73 Å². The maximum atomic E-state index is 13.3. The second kappa shape index (κ2) is 5.27. The largest absolute Gasteiger partial charge is 0.486 e. The Morgan fingerprint density at radius 2 is 1.83 bits per heavy atom. The lowest BCUT2D eigenvalue weighted by molar-refractivity contribution is 0.226. The molecule has 0 saturated heterocycles. The van der Waals surface area contributed by atoms with E-state index in [0.29, 0.717) is 11.4 Å². The van der Waals surface area contributed by atoms with Gasteiger partial charge in [0, 0.05) is 11.8 Å². The first kappa shape index (κ1) is 12.7. The molecule has 0 aromatic heterocycles. The Morgan fingerprint density at radius 3 is 2.44 bits per heavy atom. The molecule has 2 nitrogen and oxygen atoms in total. The molecule has 94 valence electrons. The normalized spacial score (nSPS) is 12.2. The van der Waals surface area contributed by atoms with Crippen molar-refractivity contribution in [1.29, 1.82) is 0 Å². The van der Waals surface area contributed by atoms with Crippen molar-refractivity contribution in [2.24, 2.45) is 0 Å². The van der Waals surface area contributed by atoms with Crippen LogP contribution in [0.25, 0.3) is 0 Å². The van der Waals surface area contributed by atoms with Gasteiger partial charge in [-0.2, -0.15) is 0 Å². The van der Waals surface area contributed by atoms with Crippen LogP contribution >= 0.6 is 11.6 Å². The molecule has 0 aliphatic rings. The van der Waals surface area contributed by atoms with Crippen LogP contribution in [0.1, 0.15) is 18.6 Å². The van der Waals surface area contributed by atoms with Crippen LogP contribution in [-0.4, -0.2) is 0 Å². The van der Waals surface area contributed by atoms with Crippen LogP contribution in [0.15, 0.2) is 42.5 Å². The van der Waals surface area contributed by atoms with Crippen LogP contribution < -0.4 is 10.5 Å². The third-order valence-corrected chi connectivity index (χ3v) is 2.92. The Balaban J connectivity index is 2.13. The molecule has 0 fully saturated rings. The molecule has 1 atom stereocenters. The number of anilines is 1. The maximum absolute atomic E-state index is 13.3. The van der Waals surface area contributed by atoms with Crippen LogP contribution in [0.2, 0.25) is 5.02 Å². The highest BCUT2D eigenvalue weighted by Gasteiger charge is 2.08. The van der Waals surface area contributed by atoms with Crippen LogP contribution in [0.5, 0.6) is 5.75 Å². The minimum absolute atomic E-state index is 0.0856. The topological polar surface area (TPSA) is 35.2 Å². The van der Waals surface area contributed by atoms with Crippen molar-refractivity contribution in [3.8, 4) is 5.75 Å². The van der Waals surface area contributed by atoms with Crippen molar-refractivity contribution in [2.45, 2.75) is 13.0 Å². The number of nitrogens with two attached hydrogens (primary N) is 1. The van der Waals surface area contributed by atoms with E-state index in [1.54, 1.807) is 18.2 Å². The van der Waals surface area contributed by atoms with Gasteiger partial charge in [0.25, 0.3) is 0 Å². The van der Waals surface area contributed by atoms with Gasteiger partial charge in [-0.1, -0.05) is 23.7 Å². The predicted octanol–water partition coefficient (Wildman–Crippen LogP) is 4.20. The molecular formula is C14H13ClFNO. The molecule has 0 bridgehead atoms. The van der Waals surface area contributed by atoms with E-state index in [1.807, 2.05) is 19.1 Å². The summed E-state index contributed by atoms with van der Waals surface area (Å²) in [5.41, 5.74) is 7.28. The van der Waals surface area contributed by atoms with E-state index < -0.39 is 5.82 Å². The molecule has 0 heterocycles. The molecular weight excluding hydrogens is 253 g/mol. The zero-order valence-corrected chi connectivity index (χ0v) is 10.6. The molecule has 2 N–H and O–H groups in total. The second-order valence-corrected chi connectivity index (χ2v) is 4.41. The zero-order chi connectivity index (χ0) is 13.1. The lowest BCUT2D eigenvalue weighted by Gasteiger charge is -2.15. The summed E-state index contributed by atoms with van der Waals surface area (Å²) in [5, 5.41) is 0.0856. The fraction of sp³-hybridized carbons (Fsp3) is 0.143. The van der Waals surface area contributed by atoms with Crippen molar-refractivity contribution in [3.05, 3.63) is 58.9 Å². The Bertz CT molecular complexity index is 542. The Morgan fingerprint density at radius 1 is 1.17 bits per heavy atom. The Kier molecular flexibility index (Phi) is 3.72. The number of ether oxygens (including phenoxy) is 1. The zero-order valence-electron chi connectivity index (χ0n) is 9.86. The van der Waals surface area contributed by atoms with Gasteiger partial charge in [-0.3, -0.25) is 0 Å². The van der Waals surface area contributed by atoms with Crippen LogP contribution in [-0.2, 0) is 0 Å². The Labute approximate surface area is 110 Å². The van der Waals surface area contributed by atoms with Gasteiger partial charge in [0.1, 0.15) is 17.7 Å². The minimum Gasteiger partial charge on any atom is -0.486 e. The molecule has 18 heavy (non-hydrogen) atoms. The molecule has 2 aromatic rings. The average molecular weight is 266 g/mol. The summed E-state index contributed by atoms with van der Waals surface area (Å²) in [6.45, 7) is 1.89. The molecule has 0 aliphatic carbocycles. The van der Waals surface area contributed by atoms with Gasteiger partial charge >= 0.3 is 0 Å². The van der Waals surface area contributed by atoms with Gasteiger partial charge < -0.3 is 10.5 Å². The maximum Gasteiger partial charge on any atom is 0.145 e. The summed E-state index contributed by atoms with van der Waals surface area (Å²) in [6.07, 6.45) is -0.189. The van der Waals surface area contributed by atoms with E-state index in [1.165, 1.54) is 12.1 Å². The summed E-state index contributed by atoms with van der Waals surface area (Å²) < 4.78 is 18.9. The fourth-order valence-electron chi connectivity index (χ4n) is 1.59. The summed E-state index contributed by atoms with van der Waals surface area (Å²) in [4.78, 5) is 0. The number of rotatable bonds is 3. The summed E-state index contributed by atoms with van der Waals surface area (Å²) in [5.74, 6) is -0.0418. The summed E-state index contributed by atoms with van der Waals surface area (Å²) >= 11 is 5.61. The highest BCUT2D eigenvalue weighted by atomic mass is 35.5. The third kappa shape index (κ3) is 2.93. The standard InChI is InChI=1S/C14H13ClFNO/c1-9(10-2-4-11(17)5-3-10)18-12-6-7-13(15)14(16)8-12/h2-9H,17H2,1H3. The van der Waals surface area contributed by atoms with E-state index in [2.05, 4.69) is 0 Å². The SMILES string of the molecule is CC(Oc1ccc(Cl)c(F)c1)c1ccc(N)cc1. The molecule has 0 amide bonds. The quantitative estimate of drug-likeness (QED) is 0.844. The number of hydrogen-bond donors (Lipinski definition) is 1. The third-order valence-electron chi connectivity index (χ3n) is 2.61. The number of halogens is 2. The van der Waals surface area contributed by atoms with Gasteiger partial charge in [-0.15, -0.1) is 0 Å². The first-order chi connectivity index (χ1) is 8.56. The smallest absolute Gasteiger partial charge is 0.145 e. The van der Waals surface area contributed by atoms with Crippen molar-refractivity contribution in [1.82, 2.24) is 0 Å². The number of nitrogen functional groups attached to an aromatic ring is 1. The van der Waals surface area contributed by atoms with Crippen LogP contribution in [0, 0.1) is 5.82 Å². The first-order valence-corrected chi connectivity index (χ1v) is 5.91. The van der Waals surface area contributed by atoms with E-state index in [4.69, 9.17) is 22.1 Å². The minimum atomic E-state index is -0.487. The van der Waals surface area contributed by atoms with Gasteiger partial charge in [-0.25, -0.2) is 4.39 Å². The molecule has 0 saturated carbocycles. The van der Waals surface area contributed by atoms with E-state index in [-0.39, 0.29) is 11.1 Å². The molecule has 2 rings (SSSR count). The molecule has 4 heteroatoms. The molecule has 2 aromatic carbocycles. The van der Waals surface area contributed by atoms with Crippen molar-refractivity contribution in [3.63, 3.8) is 0 Å². The van der Waals surface area contributed by atoms with E-state index in [0.717, 1.165) is 5.56 Å². The van der Waals surface area contributed by atoms with Gasteiger partial charge in [0.15, 0.2) is 0 Å². The van der Waals surface area contributed by atoms with E-state index in [9.17, 15) is 4.39 Å². The molecule has 0 radical (unpaired) electrons. The highest BCUT2D eigenvalue weighted by Crippen LogP contribution is 2.25.